The van der Waals surface area contributed by atoms with Gasteiger partial charge in [-0.2, -0.15) is 0 Å². The van der Waals surface area contributed by atoms with E-state index in [1.165, 1.54) is 5.56 Å². The maximum Gasteiger partial charge on any atom is 0.191 e. The van der Waals surface area contributed by atoms with Gasteiger partial charge in [-0.25, -0.2) is 0 Å². The van der Waals surface area contributed by atoms with Gasteiger partial charge in [0.25, 0.3) is 0 Å². The molecule has 0 aliphatic rings. The van der Waals surface area contributed by atoms with Crippen molar-refractivity contribution in [1.29, 1.82) is 0 Å². The Bertz CT molecular complexity index is 425. The summed E-state index contributed by atoms with van der Waals surface area (Å²) in [6.45, 7) is 4.08. The molecule has 114 valence electrons. The number of guanidine groups is 1. The van der Waals surface area contributed by atoms with Crippen LogP contribution in [0.3, 0.4) is 0 Å². The lowest BCUT2D eigenvalue weighted by molar-refractivity contribution is 0.203. The summed E-state index contributed by atoms with van der Waals surface area (Å²) in [5, 5.41) is 6.40. The molecular formula is C14H24IN3O2. The zero-order chi connectivity index (χ0) is 14.1. The van der Waals surface area contributed by atoms with Gasteiger partial charge in [-0.15, -0.1) is 24.0 Å². The summed E-state index contributed by atoms with van der Waals surface area (Å²) >= 11 is 0. The lowest BCUT2D eigenvalue weighted by atomic mass is 10.1. The summed E-state index contributed by atoms with van der Waals surface area (Å²) < 4.78 is 10.4. The number of benzene rings is 1. The highest BCUT2D eigenvalue weighted by Gasteiger charge is 2.04. The number of aryl methyl sites for hydroxylation is 1. The molecule has 1 aromatic rings. The summed E-state index contributed by atoms with van der Waals surface area (Å²) in [5.74, 6) is 1.64. The highest BCUT2D eigenvalue weighted by Crippen LogP contribution is 2.19. The van der Waals surface area contributed by atoms with E-state index in [0.717, 1.165) is 23.8 Å². The van der Waals surface area contributed by atoms with E-state index in [9.17, 15) is 0 Å². The standard InChI is InChI=1S/C14H23N3O2.HI/c1-11-5-6-12(13(9-11)19-4)10-17-14(15-2)16-7-8-18-3;/h5-6,9H,7-8,10H2,1-4H3,(H2,15,16,17);1H. The van der Waals surface area contributed by atoms with Crippen molar-refractivity contribution in [1.82, 2.24) is 10.6 Å². The summed E-state index contributed by atoms with van der Waals surface area (Å²) in [7, 11) is 5.10. The molecule has 0 atom stereocenters. The molecule has 5 nitrogen and oxygen atoms in total. The predicted octanol–water partition coefficient (Wildman–Crippen LogP) is 1.93. The maximum atomic E-state index is 5.37. The smallest absolute Gasteiger partial charge is 0.191 e. The van der Waals surface area contributed by atoms with Gasteiger partial charge in [0.05, 0.1) is 13.7 Å². The Labute approximate surface area is 138 Å². The van der Waals surface area contributed by atoms with Gasteiger partial charge in [0.15, 0.2) is 5.96 Å². The van der Waals surface area contributed by atoms with Crippen molar-refractivity contribution in [3.63, 3.8) is 0 Å². The van der Waals surface area contributed by atoms with E-state index in [2.05, 4.69) is 27.8 Å². The van der Waals surface area contributed by atoms with Gasteiger partial charge < -0.3 is 20.1 Å². The first-order valence-electron chi connectivity index (χ1n) is 6.28. The second-order valence-corrected chi connectivity index (χ2v) is 4.16. The number of methoxy groups -OCH3 is 2. The first kappa shape index (κ1) is 19.0. The lowest BCUT2D eigenvalue weighted by Gasteiger charge is -2.14. The molecule has 0 aromatic heterocycles. The fraction of sp³-hybridized carbons (Fsp3) is 0.500. The molecule has 0 saturated carbocycles. The molecule has 20 heavy (non-hydrogen) atoms. The third-order valence-electron chi connectivity index (χ3n) is 2.71. The molecule has 6 heteroatoms. The van der Waals surface area contributed by atoms with E-state index in [1.54, 1.807) is 21.3 Å². The van der Waals surface area contributed by atoms with Gasteiger partial charge >= 0.3 is 0 Å². The van der Waals surface area contributed by atoms with Gasteiger partial charge in [-0.3, -0.25) is 4.99 Å². The first-order valence-corrected chi connectivity index (χ1v) is 6.28. The summed E-state index contributed by atoms with van der Waals surface area (Å²) in [6, 6.07) is 6.16. The zero-order valence-corrected chi connectivity index (χ0v) is 14.9. The van der Waals surface area contributed by atoms with Gasteiger partial charge in [0.1, 0.15) is 5.75 Å². The van der Waals surface area contributed by atoms with E-state index in [4.69, 9.17) is 9.47 Å². The molecular weight excluding hydrogens is 369 g/mol. The van der Waals surface area contributed by atoms with Crippen LogP contribution in [0, 0.1) is 6.92 Å². The average Bonchev–Trinajstić information content (AvgIpc) is 2.43. The molecule has 0 aliphatic heterocycles. The molecule has 1 rings (SSSR count). The maximum absolute atomic E-state index is 5.37. The normalized spacial score (nSPS) is 10.7. The summed E-state index contributed by atoms with van der Waals surface area (Å²) in [6.07, 6.45) is 0. The van der Waals surface area contributed by atoms with Crippen LogP contribution in [-0.2, 0) is 11.3 Å². The SMILES string of the molecule is CN=C(NCCOC)NCc1ccc(C)cc1OC.I. The van der Waals surface area contributed by atoms with Crippen LogP contribution in [0.15, 0.2) is 23.2 Å². The summed E-state index contributed by atoms with van der Waals surface area (Å²) in [4.78, 5) is 4.15. The van der Waals surface area contributed by atoms with Crippen molar-refractivity contribution in [2.45, 2.75) is 13.5 Å². The van der Waals surface area contributed by atoms with E-state index < -0.39 is 0 Å². The Kier molecular flexibility index (Phi) is 10.2. The van der Waals surface area contributed by atoms with Gasteiger partial charge in [-0.1, -0.05) is 12.1 Å². The minimum Gasteiger partial charge on any atom is -0.496 e. The molecule has 0 saturated heterocycles. The highest BCUT2D eigenvalue weighted by molar-refractivity contribution is 14.0. The topological polar surface area (TPSA) is 54.9 Å². The predicted molar refractivity (Wildman–Crippen MR) is 93.2 cm³/mol. The molecule has 0 fully saturated rings. The van der Waals surface area contributed by atoms with E-state index >= 15 is 0 Å². The van der Waals surface area contributed by atoms with Crippen molar-refractivity contribution in [2.24, 2.45) is 4.99 Å². The number of ether oxygens (including phenoxy) is 2. The van der Waals surface area contributed by atoms with Crippen molar-refractivity contribution in [2.75, 3.05) is 34.4 Å². The minimum absolute atomic E-state index is 0. The Morgan fingerprint density at radius 3 is 2.60 bits per heavy atom. The van der Waals surface area contributed by atoms with Crippen LogP contribution >= 0.6 is 24.0 Å². The van der Waals surface area contributed by atoms with Crippen molar-refractivity contribution < 1.29 is 9.47 Å². The first-order chi connectivity index (χ1) is 9.21. The average molecular weight is 393 g/mol. The third-order valence-corrected chi connectivity index (χ3v) is 2.71. The monoisotopic (exact) mass is 393 g/mol. The van der Waals surface area contributed by atoms with Gasteiger partial charge in [-0.05, 0) is 18.6 Å². The molecule has 0 aliphatic carbocycles. The van der Waals surface area contributed by atoms with E-state index in [0.29, 0.717) is 13.2 Å². The van der Waals surface area contributed by atoms with Crippen molar-refractivity contribution >= 4 is 29.9 Å². The van der Waals surface area contributed by atoms with Crippen LogP contribution in [0.4, 0.5) is 0 Å². The fourth-order valence-corrected chi connectivity index (χ4v) is 1.67. The van der Waals surface area contributed by atoms with Crippen LogP contribution in [0.5, 0.6) is 5.75 Å². The molecule has 2 N–H and O–H groups in total. The third kappa shape index (κ3) is 6.42. The Balaban J connectivity index is 0.00000361. The largest absolute Gasteiger partial charge is 0.496 e. The molecule has 0 spiro atoms. The minimum atomic E-state index is 0. The Morgan fingerprint density at radius 1 is 1.25 bits per heavy atom. The van der Waals surface area contributed by atoms with Crippen molar-refractivity contribution in [3.8, 4) is 5.75 Å². The van der Waals surface area contributed by atoms with Crippen LogP contribution in [-0.4, -0.2) is 40.4 Å². The molecule has 0 radical (unpaired) electrons. The zero-order valence-electron chi connectivity index (χ0n) is 12.5. The number of hydrogen-bond acceptors (Lipinski definition) is 3. The van der Waals surface area contributed by atoms with Gasteiger partial charge in [0, 0.05) is 32.8 Å². The number of aliphatic imine (C=N–C) groups is 1. The number of nitrogens with one attached hydrogen (secondary N) is 2. The van der Waals surface area contributed by atoms with Crippen LogP contribution in [0.25, 0.3) is 0 Å². The molecule has 0 bridgehead atoms. The molecule has 0 amide bonds. The Hall–Kier alpha value is -1.02. The second kappa shape index (κ2) is 10.7. The Morgan fingerprint density at radius 2 is 2.00 bits per heavy atom. The molecule has 0 unspecified atom stereocenters. The number of rotatable bonds is 6. The highest BCUT2D eigenvalue weighted by atomic mass is 127. The number of halogens is 1. The van der Waals surface area contributed by atoms with E-state index in [1.807, 2.05) is 13.0 Å². The van der Waals surface area contributed by atoms with Crippen LogP contribution < -0.4 is 15.4 Å². The number of hydrogen-bond donors (Lipinski definition) is 2. The summed E-state index contributed by atoms with van der Waals surface area (Å²) in [5.41, 5.74) is 2.28. The molecule has 0 heterocycles. The van der Waals surface area contributed by atoms with Crippen LogP contribution in [0.2, 0.25) is 0 Å². The quantitative estimate of drug-likeness (QED) is 0.336. The van der Waals surface area contributed by atoms with Crippen LogP contribution in [0.1, 0.15) is 11.1 Å². The lowest BCUT2D eigenvalue weighted by Crippen LogP contribution is -2.38. The van der Waals surface area contributed by atoms with Crippen molar-refractivity contribution in [3.05, 3.63) is 29.3 Å². The van der Waals surface area contributed by atoms with E-state index in [-0.39, 0.29) is 24.0 Å². The fourth-order valence-electron chi connectivity index (χ4n) is 1.67. The van der Waals surface area contributed by atoms with Gasteiger partial charge in [0.2, 0.25) is 0 Å². The number of nitrogens with zero attached hydrogens (tertiary/aromatic N) is 1. The molecule has 1 aromatic carbocycles. The second-order valence-electron chi connectivity index (χ2n) is 4.16.